The standard InChI is InChI=1S/C13H7BrClFN2/c14-11-5-9(16)2-4-13(11)18-10-3-1-8(7-17)12(15)6-10/h1-6,18H. The van der Waals surface area contributed by atoms with Gasteiger partial charge in [-0.3, -0.25) is 0 Å². The van der Waals surface area contributed by atoms with Gasteiger partial charge in [-0.1, -0.05) is 11.6 Å². The maximum atomic E-state index is 12.9. The molecule has 0 aliphatic rings. The summed E-state index contributed by atoms with van der Waals surface area (Å²) in [5.74, 6) is -0.315. The molecule has 0 aliphatic heterocycles. The topological polar surface area (TPSA) is 35.8 Å². The van der Waals surface area contributed by atoms with Crippen LogP contribution in [0.15, 0.2) is 40.9 Å². The minimum absolute atomic E-state index is 0.315. The Bertz CT molecular complexity index is 637. The Morgan fingerprint density at radius 2 is 2.00 bits per heavy atom. The van der Waals surface area contributed by atoms with E-state index in [4.69, 9.17) is 16.9 Å². The lowest BCUT2D eigenvalue weighted by Crippen LogP contribution is -1.92. The quantitative estimate of drug-likeness (QED) is 0.856. The number of nitrogens with one attached hydrogen (secondary N) is 1. The van der Waals surface area contributed by atoms with Crippen molar-refractivity contribution in [3.8, 4) is 6.07 Å². The van der Waals surface area contributed by atoms with Gasteiger partial charge in [0.05, 0.1) is 16.3 Å². The first kappa shape index (κ1) is 12.9. The summed E-state index contributed by atoms with van der Waals surface area (Å²) < 4.78 is 13.5. The summed E-state index contributed by atoms with van der Waals surface area (Å²) in [6.45, 7) is 0. The molecule has 2 aromatic carbocycles. The van der Waals surface area contributed by atoms with Gasteiger partial charge in [0.2, 0.25) is 0 Å². The predicted octanol–water partition coefficient (Wildman–Crippen LogP) is 4.86. The van der Waals surface area contributed by atoms with E-state index >= 15 is 0 Å². The van der Waals surface area contributed by atoms with Crippen LogP contribution in [0.4, 0.5) is 15.8 Å². The van der Waals surface area contributed by atoms with Gasteiger partial charge in [-0.2, -0.15) is 5.26 Å². The molecule has 0 saturated carbocycles. The molecule has 2 rings (SSSR count). The molecule has 2 nitrogen and oxygen atoms in total. The summed E-state index contributed by atoms with van der Waals surface area (Å²) in [5, 5.41) is 12.2. The fraction of sp³-hybridized carbons (Fsp3) is 0. The Hall–Kier alpha value is -1.57. The first-order valence-electron chi connectivity index (χ1n) is 5.02. The van der Waals surface area contributed by atoms with Gasteiger partial charge < -0.3 is 5.32 Å². The fourth-order valence-corrected chi connectivity index (χ4v) is 2.10. The number of hydrogen-bond acceptors (Lipinski definition) is 2. The molecule has 0 aromatic heterocycles. The lowest BCUT2D eigenvalue weighted by Gasteiger charge is -2.09. The van der Waals surface area contributed by atoms with Crippen molar-refractivity contribution in [3.63, 3.8) is 0 Å². The Morgan fingerprint density at radius 1 is 1.22 bits per heavy atom. The third-order valence-electron chi connectivity index (χ3n) is 2.30. The van der Waals surface area contributed by atoms with Crippen molar-refractivity contribution in [1.29, 1.82) is 5.26 Å². The molecule has 0 radical (unpaired) electrons. The molecule has 0 aliphatic carbocycles. The van der Waals surface area contributed by atoms with E-state index in [1.54, 1.807) is 24.3 Å². The highest BCUT2D eigenvalue weighted by Gasteiger charge is 2.04. The number of anilines is 2. The molecule has 0 amide bonds. The van der Waals surface area contributed by atoms with E-state index in [0.717, 1.165) is 11.4 Å². The van der Waals surface area contributed by atoms with E-state index in [1.807, 2.05) is 6.07 Å². The highest BCUT2D eigenvalue weighted by atomic mass is 79.9. The summed E-state index contributed by atoms with van der Waals surface area (Å²) in [6, 6.07) is 11.3. The SMILES string of the molecule is N#Cc1ccc(Nc2ccc(F)cc2Br)cc1Cl. The van der Waals surface area contributed by atoms with Crippen molar-refractivity contribution in [2.75, 3.05) is 5.32 Å². The van der Waals surface area contributed by atoms with Crippen molar-refractivity contribution in [2.45, 2.75) is 0 Å². The fourth-order valence-electron chi connectivity index (χ4n) is 1.43. The zero-order chi connectivity index (χ0) is 13.1. The van der Waals surface area contributed by atoms with Crippen LogP contribution in [0.3, 0.4) is 0 Å². The van der Waals surface area contributed by atoms with Crippen LogP contribution in [0.2, 0.25) is 5.02 Å². The van der Waals surface area contributed by atoms with Crippen molar-refractivity contribution in [2.24, 2.45) is 0 Å². The average molecular weight is 326 g/mol. The first-order chi connectivity index (χ1) is 8.60. The van der Waals surface area contributed by atoms with Crippen LogP contribution >= 0.6 is 27.5 Å². The second-order valence-corrected chi connectivity index (χ2v) is 4.82. The number of nitrogens with zero attached hydrogens (tertiary/aromatic N) is 1. The smallest absolute Gasteiger partial charge is 0.124 e. The Labute approximate surface area is 117 Å². The van der Waals surface area contributed by atoms with Gasteiger partial charge in [0, 0.05) is 10.2 Å². The van der Waals surface area contributed by atoms with Crippen LogP contribution in [0.1, 0.15) is 5.56 Å². The molecule has 0 fully saturated rings. The van der Waals surface area contributed by atoms with Gasteiger partial charge in [0.15, 0.2) is 0 Å². The molecule has 5 heteroatoms. The monoisotopic (exact) mass is 324 g/mol. The van der Waals surface area contributed by atoms with Crippen LogP contribution in [-0.4, -0.2) is 0 Å². The second-order valence-electron chi connectivity index (χ2n) is 3.56. The minimum atomic E-state index is -0.315. The summed E-state index contributed by atoms with van der Waals surface area (Å²) in [5.41, 5.74) is 1.86. The number of rotatable bonds is 2. The highest BCUT2D eigenvalue weighted by Crippen LogP contribution is 2.28. The molecular weight excluding hydrogens is 319 g/mol. The summed E-state index contributed by atoms with van der Waals surface area (Å²) in [6.07, 6.45) is 0. The van der Waals surface area contributed by atoms with E-state index in [0.29, 0.717) is 15.1 Å². The van der Waals surface area contributed by atoms with E-state index < -0.39 is 0 Å². The largest absolute Gasteiger partial charge is 0.355 e. The van der Waals surface area contributed by atoms with Crippen molar-refractivity contribution >= 4 is 38.9 Å². The van der Waals surface area contributed by atoms with Gasteiger partial charge in [0.1, 0.15) is 11.9 Å². The van der Waals surface area contributed by atoms with E-state index in [-0.39, 0.29) is 5.82 Å². The molecule has 90 valence electrons. The summed E-state index contributed by atoms with van der Waals surface area (Å²) in [7, 11) is 0. The third kappa shape index (κ3) is 2.81. The van der Waals surface area contributed by atoms with Gasteiger partial charge in [-0.25, -0.2) is 4.39 Å². The third-order valence-corrected chi connectivity index (χ3v) is 3.27. The summed E-state index contributed by atoms with van der Waals surface area (Å²) in [4.78, 5) is 0. The number of halogens is 3. The van der Waals surface area contributed by atoms with Crippen molar-refractivity contribution < 1.29 is 4.39 Å². The van der Waals surface area contributed by atoms with Gasteiger partial charge >= 0.3 is 0 Å². The lowest BCUT2D eigenvalue weighted by atomic mass is 10.2. The highest BCUT2D eigenvalue weighted by molar-refractivity contribution is 9.10. The molecule has 0 saturated heterocycles. The van der Waals surface area contributed by atoms with Crippen LogP contribution in [0.25, 0.3) is 0 Å². The molecule has 0 heterocycles. The van der Waals surface area contributed by atoms with Crippen LogP contribution in [-0.2, 0) is 0 Å². The Balaban J connectivity index is 2.29. The Kier molecular flexibility index (Phi) is 3.85. The number of benzene rings is 2. The Morgan fingerprint density at radius 3 is 2.61 bits per heavy atom. The normalized spacial score (nSPS) is 9.89. The molecule has 0 spiro atoms. The van der Waals surface area contributed by atoms with Crippen LogP contribution in [0, 0.1) is 17.1 Å². The molecule has 1 N–H and O–H groups in total. The molecule has 18 heavy (non-hydrogen) atoms. The van der Waals surface area contributed by atoms with Crippen molar-refractivity contribution in [1.82, 2.24) is 0 Å². The molecule has 2 aromatic rings. The van der Waals surface area contributed by atoms with Gasteiger partial charge in [-0.05, 0) is 52.3 Å². The maximum Gasteiger partial charge on any atom is 0.124 e. The van der Waals surface area contributed by atoms with Gasteiger partial charge in [0.25, 0.3) is 0 Å². The van der Waals surface area contributed by atoms with E-state index in [9.17, 15) is 4.39 Å². The first-order valence-corrected chi connectivity index (χ1v) is 6.19. The molecule has 0 unspecified atom stereocenters. The molecular formula is C13H7BrClFN2. The predicted molar refractivity (Wildman–Crippen MR) is 73.5 cm³/mol. The number of hydrogen-bond donors (Lipinski definition) is 1. The van der Waals surface area contributed by atoms with Crippen LogP contribution in [0.5, 0.6) is 0 Å². The second kappa shape index (κ2) is 5.38. The zero-order valence-corrected chi connectivity index (χ0v) is 11.4. The van der Waals surface area contributed by atoms with E-state index in [1.165, 1.54) is 12.1 Å². The molecule has 0 atom stereocenters. The minimum Gasteiger partial charge on any atom is -0.355 e. The lowest BCUT2D eigenvalue weighted by molar-refractivity contribution is 0.627. The maximum absolute atomic E-state index is 12.9. The van der Waals surface area contributed by atoms with Crippen molar-refractivity contribution in [3.05, 3.63) is 57.3 Å². The molecule has 0 bridgehead atoms. The van der Waals surface area contributed by atoms with Gasteiger partial charge in [-0.15, -0.1) is 0 Å². The zero-order valence-electron chi connectivity index (χ0n) is 9.05. The number of nitriles is 1. The average Bonchev–Trinajstić information content (AvgIpc) is 2.33. The van der Waals surface area contributed by atoms with Crippen LogP contribution < -0.4 is 5.32 Å². The summed E-state index contributed by atoms with van der Waals surface area (Å²) >= 11 is 9.19. The van der Waals surface area contributed by atoms with E-state index in [2.05, 4.69) is 21.2 Å².